The predicted molar refractivity (Wildman–Crippen MR) is 157 cm³/mol. The number of aliphatic hydroxyl groups is 5. The fourth-order valence-corrected chi connectivity index (χ4v) is 4.39. The van der Waals surface area contributed by atoms with Crippen molar-refractivity contribution >= 4 is 11.8 Å². The maximum absolute atomic E-state index is 11.9. The van der Waals surface area contributed by atoms with Gasteiger partial charge in [0, 0.05) is 32.7 Å². The molecule has 10 nitrogen and oxygen atoms in total. The van der Waals surface area contributed by atoms with Gasteiger partial charge in [0.2, 0.25) is 5.91 Å². The van der Waals surface area contributed by atoms with E-state index in [0.29, 0.717) is 19.4 Å². The summed E-state index contributed by atoms with van der Waals surface area (Å²) in [5.74, 6) is -0.977. The number of hydrogen-bond acceptors (Lipinski definition) is 8. The Kier molecular flexibility index (Phi) is 26.9. The van der Waals surface area contributed by atoms with E-state index in [4.69, 9.17) is 9.84 Å². The third kappa shape index (κ3) is 22.4. The Morgan fingerprint density at radius 1 is 0.625 bits per heavy atom. The molecular weight excluding hydrogens is 516 g/mol. The highest BCUT2D eigenvalue weighted by atomic mass is 16.5. The van der Waals surface area contributed by atoms with E-state index in [9.17, 15) is 30.0 Å². The van der Waals surface area contributed by atoms with E-state index in [1.807, 2.05) is 0 Å². The number of hydrogen-bond donors (Lipinski definition) is 7. The van der Waals surface area contributed by atoms with Gasteiger partial charge in [0.1, 0.15) is 18.3 Å². The minimum absolute atomic E-state index is 0.0595. The average molecular weight is 577 g/mol. The Morgan fingerprint density at radius 2 is 1.10 bits per heavy atom. The summed E-state index contributed by atoms with van der Waals surface area (Å²) in [6.45, 7) is 3.49. The zero-order valence-corrected chi connectivity index (χ0v) is 25.0. The molecule has 0 rings (SSSR count). The Labute approximate surface area is 242 Å². The van der Waals surface area contributed by atoms with E-state index in [2.05, 4.69) is 17.6 Å². The molecule has 0 unspecified atom stereocenters. The zero-order valence-electron chi connectivity index (χ0n) is 25.0. The third-order valence-corrected chi connectivity index (χ3v) is 7.08. The van der Waals surface area contributed by atoms with Crippen molar-refractivity contribution in [2.75, 3.05) is 32.9 Å². The van der Waals surface area contributed by atoms with E-state index in [1.54, 1.807) is 0 Å². The van der Waals surface area contributed by atoms with Crippen molar-refractivity contribution < 1.29 is 39.9 Å². The molecule has 0 aliphatic rings. The molecule has 0 bridgehead atoms. The first-order valence-electron chi connectivity index (χ1n) is 15.8. The van der Waals surface area contributed by atoms with Crippen LogP contribution in [0.3, 0.4) is 0 Å². The fourth-order valence-electron chi connectivity index (χ4n) is 4.39. The van der Waals surface area contributed by atoms with Gasteiger partial charge >= 0.3 is 0 Å². The van der Waals surface area contributed by atoms with Gasteiger partial charge in [-0.1, -0.05) is 90.4 Å². The summed E-state index contributed by atoms with van der Waals surface area (Å²) in [7, 11) is 0. The first kappa shape index (κ1) is 38.7. The Hall–Kier alpha value is -1.30. The molecule has 0 aromatic carbocycles. The standard InChI is InChI=1S/C30H60N2O8/c1-2-3-4-5-6-7-8-9-10-11-12-13-16-22-40-23-17-14-15-19-26(35)31-20-18-21-32-30(39)29(38)28(37)27(36)25(34)24-33/h25,27-29,33-34,36-38H,2-24H2,1H3,(H,31,35)(H,32,39)/t25-,27-,28+,29-/m1/s1. The van der Waals surface area contributed by atoms with Crippen LogP contribution < -0.4 is 10.6 Å². The molecule has 0 aromatic rings. The minimum atomic E-state index is -1.95. The van der Waals surface area contributed by atoms with Gasteiger partial charge in [-0.3, -0.25) is 9.59 Å². The molecule has 4 atom stereocenters. The Bertz CT molecular complexity index is 596. The van der Waals surface area contributed by atoms with E-state index < -0.39 is 36.9 Å². The third-order valence-electron chi connectivity index (χ3n) is 7.08. The topological polar surface area (TPSA) is 169 Å². The van der Waals surface area contributed by atoms with E-state index in [-0.39, 0.29) is 12.5 Å². The van der Waals surface area contributed by atoms with Gasteiger partial charge in [-0.2, -0.15) is 0 Å². The molecule has 0 aliphatic carbocycles. The summed E-state index contributed by atoms with van der Waals surface area (Å²) in [6.07, 6.45) is 13.5. The SMILES string of the molecule is CCCCCCCCCCCCCCCOCCCCCC(=O)NCCCNC(=O)[C@H](O)[C@@H](O)[C@H](O)[C@H](O)CO. The van der Waals surface area contributed by atoms with Crippen molar-refractivity contribution in [3.8, 4) is 0 Å². The van der Waals surface area contributed by atoms with Crippen molar-refractivity contribution in [3.05, 3.63) is 0 Å². The van der Waals surface area contributed by atoms with Crippen molar-refractivity contribution in [1.82, 2.24) is 10.6 Å². The van der Waals surface area contributed by atoms with Crippen LogP contribution in [0.4, 0.5) is 0 Å². The van der Waals surface area contributed by atoms with Crippen LogP contribution in [-0.4, -0.2) is 94.7 Å². The number of carbonyl (C=O) groups is 2. The zero-order chi connectivity index (χ0) is 29.8. The summed E-state index contributed by atoms with van der Waals surface area (Å²) in [4.78, 5) is 23.7. The lowest BCUT2D eigenvalue weighted by molar-refractivity contribution is -0.148. The predicted octanol–water partition coefficient (Wildman–Crippen LogP) is 2.71. The van der Waals surface area contributed by atoms with Gasteiger partial charge in [0.25, 0.3) is 5.91 Å². The molecule has 10 heteroatoms. The highest BCUT2D eigenvalue weighted by molar-refractivity contribution is 5.81. The van der Waals surface area contributed by atoms with Gasteiger partial charge in [0.05, 0.1) is 6.61 Å². The number of rotatable bonds is 29. The first-order chi connectivity index (χ1) is 19.3. The van der Waals surface area contributed by atoms with Crippen LogP contribution in [0.5, 0.6) is 0 Å². The lowest BCUT2D eigenvalue weighted by Gasteiger charge is -2.24. The molecule has 7 N–H and O–H groups in total. The largest absolute Gasteiger partial charge is 0.394 e. The summed E-state index contributed by atoms with van der Waals surface area (Å²) in [5, 5.41) is 52.2. The molecule has 40 heavy (non-hydrogen) atoms. The highest BCUT2D eigenvalue weighted by Crippen LogP contribution is 2.12. The lowest BCUT2D eigenvalue weighted by atomic mass is 10.0. The molecule has 0 aromatic heterocycles. The van der Waals surface area contributed by atoms with Crippen LogP contribution in [-0.2, 0) is 14.3 Å². The van der Waals surface area contributed by atoms with Gasteiger partial charge in [-0.25, -0.2) is 0 Å². The van der Waals surface area contributed by atoms with Crippen LogP contribution in [0.2, 0.25) is 0 Å². The average Bonchev–Trinajstić information content (AvgIpc) is 2.96. The molecule has 0 heterocycles. The van der Waals surface area contributed by atoms with Gasteiger partial charge in [0.15, 0.2) is 6.10 Å². The normalized spacial score (nSPS) is 14.4. The van der Waals surface area contributed by atoms with Crippen LogP contribution >= 0.6 is 0 Å². The number of unbranched alkanes of at least 4 members (excludes halogenated alkanes) is 14. The quantitative estimate of drug-likeness (QED) is 0.0667. The summed E-state index contributed by atoms with van der Waals surface area (Å²) < 4.78 is 5.71. The number of aliphatic hydroxyl groups excluding tert-OH is 5. The maximum atomic E-state index is 11.9. The number of nitrogens with one attached hydrogen (secondary N) is 2. The molecular formula is C30H60N2O8. The number of ether oxygens (including phenoxy) is 1. The number of amides is 2. The summed E-state index contributed by atoms with van der Waals surface area (Å²) in [6, 6.07) is 0. The maximum Gasteiger partial charge on any atom is 0.251 e. The smallest absolute Gasteiger partial charge is 0.251 e. The second-order valence-corrected chi connectivity index (χ2v) is 10.8. The van der Waals surface area contributed by atoms with Crippen LogP contribution in [0.15, 0.2) is 0 Å². The minimum Gasteiger partial charge on any atom is -0.394 e. The van der Waals surface area contributed by atoms with Gasteiger partial charge in [-0.05, 0) is 25.7 Å². The molecule has 238 valence electrons. The second kappa shape index (κ2) is 27.8. The highest BCUT2D eigenvalue weighted by Gasteiger charge is 2.33. The Balaban J connectivity index is 3.44. The van der Waals surface area contributed by atoms with E-state index in [0.717, 1.165) is 38.9 Å². The molecule has 0 radical (unpaired) electrons. The monoisotopic (exact) mass is 576 g/mol. The van der Waals surface area contributed by atoms with E-state index in [1.165, 1.54) is 77.0 Å². The molecule has 0 fully saturated rings. The first-order valence-corrected chi connectivity index (χ1v) is 15.8. The molecule has 2 amide bonds. The lowest BCUT2D eigenvalue weighted by Crippen LogP contribution is -2.51. The molecule has 0 saturated heterocycles. The molecule has 0 spiro atoms. The van der Waals surface area contributed by atoms with Crippen LogP contribution in [0, 0.1) is 0 Å². The van der Waals surface area contributed by atoms with Crippen molar-refractivity contribution in [2.24, 2.45) is 0 Å². The van der Waals surface area contributed by atoms with Crippen LogP contribution in [0.25, 0.3) is 0 Å². The Morgan fingerprint density at radius 3 is 1.62 bits per heavy atom. The fraction of sp³-hybridized carbons (Fsp3) is 0.933. The second-order valence-electron chi connectivity index (χ2n) is 10.8. The van der Waals surface area contributed by atoms with E-state index >= 15 is 0 Å². The molecule has 0 aliphatic heterocycles. The van der Waals surface area contributed by atoms with Crippen LogP contribution in [0.1, 0.15) is 122 Å². The van der Waals surface area contributed by atoms with Crippen molar-refractivity contribution in [1.29, 1.82) is 0 Å². The van der Waals surface area contributed by atoms with Gasteiger partial charge in [-0.15, -0.1) is 0 Å². The number of carbonyl (C=O) groups excluding carboxylic acids is 2. The molecule has 0 saturated carbocycles. The summed E-state index contributed by atoms with van der Waals surface area (Å²) in [5.41, 5.74) is 0. The van der Waals surface area contributed by atoms with Crippen molar-refractivity contribution in [3.63, 3.8) is 0 Å². The van der Waals surface area contributed by atoms with Crippen molar-refractivity contribution in [2.45, 2.75) is 147 Å². The van der Waals surface area contributed by atoms with Gasteiger partial charge < -0.3 is 40.9 Å². The summed E-state index contributed by atoms with van der Waals surface area (Å²) >= 11 is 0.